The zero-order chi connectivity index (χ0) is 11.7. The second-order valence-corrected chi connectivity index (χ2v) is 4.68. The maximum atomic E-state index is 5.75. The van der Waals surface area contributed by atoms with E-state index in [-0.39, 0.29) is 0 Å². The first-order chi connectivity index (χ1) is 8.33. The zero-order valence-electron chi connectivity index (χ0n) is 9.76. The summed E-state index contributed by atoms with van der Waals surface area (Å²) in [5.74, 6) is 2.28. The molecule has 0 amide bonds. The smallest absolute Gasteiger partial charge is 0.180 e. The summed E-state index contributed by atoms with van der Waals surface area (Å²) < 4.78 is 1.89. The van der Waals surface area contributed by atoms with Crippen LogP contribution in [0.3, 0.4) is 0 Å². The number of nitrogens with zero attached hydrogens (tertiary/aromatic N) is 3. The number of fused-ring (bicyclic) bond motifs is 1. The molecule has 0 bridgehead atoms. The molecule has 3 rings (SSSR count). The van der Waals surface area contributed by atoms with Gasteiger partial charge in [0.2, 0.25) is 0 Å². The molecule has 3 N–H and O–H groups in total. The first-order valence-electron chi connectivity index (χ1n) is 6.16. The molecule has 0 atom stereocenters. The van der Waals surface area contributed by atoms with Crippen LogP contribution in [0, 0.1) is 5.92 Å². The molecule has 0 unspecified atom stereocenters. The van der Waals surface area contributed by atoms with Crippen molar-refractivity contribution in [1.29, 1.82) is 0 Å². The maximum absolute atomic E-state index is 5.75. The Labute approximate surface area is 100 Å². The number of rotatable bonds is 5. The van der Waals surface area contributed by atoms with E-state index in [1.807, 2.05) is 10.6 Å². The Kier molecular flexibility index (Phi) is 2.59. The molecule has 2 aromatic heterocycles. The van der Waals surface area contributed by atoms with Gasteiger partial charge in [0.05, 0.1) is 6.20 Å². The normalized spacial score (nSPS) is 15.3. The molecule has 90 valence electrons. The quantitative estimate of drug-likeness (QED) is 0.771. The molecule has 1 aliphatic carbocycles. The summed E-state index contributed by atoms with van der Waals surface area (Å²) in [6.45, 7) is 0.940. The summed E-state index contributed by atoms with van der Waals surface area (Å²) in [5, 5.41) is 3.32. The lowest BCUT2D eigenvalue weighted by Crippen LogP contribution is -2.07. The third-order valence-corrected chi connectivity index (χ3v) is 3.17. The van der Waals surface area contributed by atoms with E-state index in [1.165, 1.54) is 25.7 Å². The summed E-state index contributed by atoms with van der Waals surface area (Å²) in [6, 6.07) is 0. The van der Waals surface area contributed by atoms with Gasteiger partial charge in [-0.25, -0.2) is 9.97 Å². The number of nitrogens with two attached hydrogens (primary N) is 1. The monoisotopic (exact) mass is 231 g/mol. The molecule has 1 fully saturated rings. The molecule has 5 heteroatoms. The van der Waals surface area contributed by atoms with Crippen LogP contribution >= 0.6 is 0 Å². The number of nitrogens with one attached hydrogen (secondary N) is 1. The van der Waals surface area contributed by atoms with Crippen molar-refractivity contribution in [2.24, 2.45) is 5.92 Å². The van der Waals surface area contributed by atoms with Crippen LogP contribution in [0.4, 0.5) is 11.6 Å². The Hall–Kier alpha value is -1.78. The van der Waals surface area contributed by atoms with Gasteiger partial charge in [-0.1, -0.05) is 12.8 Å². The highest BCUT2D eigenvalue weighted by atomic mass is 15.1. The SMILES string of the molecule is Nc1cn2ccnc2c(NCCCC2CC2)n1. The molecule has 2 heterocycles. The Morgan fingerprint density at radius 2 is 2.35 bits per heavy atom. The van der Waals surface area contributed by atoms with Gasteiger partial charge < -0.3 is 15.5 Å². The fourth-order valence-corrected chi connectivity index (χ4v) is 2.07. The third kappa shape index (κ3) is 2.33. The summed E-state index contributed by atoms with van der Waals surface area (Å²) >= 11 is 0. The number of imidazole rings is 1. The first-order valence-corrected chi connectivity index (χ1v) is 6.16. The van der Waals surface area contributed by atoms with Gasteiger partial charge in [-0.15, -0.1) is 0 Å². The van der Waals surface area contributed by atoms with Crippen molar-refractivity contribution in [2.45, 2.75) is 25.7 Å². The number of hydrogen-bond acceptors (Lipinski definition) is 4. The van der Waals surface area contributed by atoms with E-state index in [0.717, 1.165) is 23.9 Å². The zero-order valence-corrected chi connectivity index (χ0v) is 9.76. The van der Waals surface area contributed by atoms with Crippen LogP contribution in [0.1, 0.15) is 25.7 Å². The van der Waals surface area contributed by atoms with Crippen molar-refractivity contribution >= 4 is 17.3 Å². The third-order valence-electron chi connectivity index (χ3n) is 3.17. The van der Waals surface area contributed by atoms with E-state index in [2.05, 4.69) is 15.3 Å². The van der Waals surface area contributed by atoms with E-state index >= 15 is 0 Å². The molecule has 17 heavy (non-hydrogen) atoms. The molecule has 0 radical (unpaired) electrons. The molecule has 0 aromatic carbocycles. The van der Waals surface area contributed by atoms with Crippen LogP contribution in [0.25, 0.3) is 5.65 Å². The number of anilines is 2. The topological polar surface area (TPSA) is 68.2 Å². The maximum Gasteiger partial charge on any atom is 0.180 e. The molecule has 0 aliphatic heterocycles. The van der Waals surface area contributed by atoms with E-state index in [4.69, 9.17) is 5.73 Å². The Morgan fingerprint density at radius 3 is 3.18 bits per heavy atom. The van der Waals surface area contributed by atoms with Crippen LogP contribution in [0.15, 0.2) is 18.6 Å². The van der Waals surface area contributed by atoms with Gasteiger partial charge in [0.25, 0.3) is 0 Å². The van der Waals surface area contributed by atoms with Gasteiger partial charge in [0.15, 0.2) is 11.5 Å². The summed E-state index contributed by atoms with van der Waals surface area (Å²) in [6.07, 6.45) is 10.8. The van der Waals surface area contributed by atoms with Crippen molar-refractivity contribution in [3.05, 3.63) is 18.6 Å². The lowest BCUT2D eigenvalue weighted by molar-refractivity contribution is 0.686. The van der Waals surface area contributed by atoms with E-state index in [0.29, 0.717) is 5.82 Å². The van der Waals surface area contributed by atoms with Gasteiger partial charge in [-0.05, 0) is 18.8 Å². The molecule has 1 aliphatic rings. The van der Waals surface area contributed by atoms with Crippen LogP contribution in [-0.4, -0.2) is 20.9 Å². The second kappa shape index (κ2) is 4.24. The predicted octanol–water partition coefficient (Wildman–Crippen LogP) is 1.91. The molecular weight excluding hydrogens is 214 g/mol. The molecular formula is C12H17N5. The van der Waals surface area contributed by atoms with Crippen LogP contribution in [0.2, 0.25) is 0 Å². The summed E-state index contributed by atoms with van der Waals surface area (Å²) in [7, 11) is 0. The van der Waals surface area contributed by atoms with Crippen molar-refractivity contribution in [3.8, 4) is 0 Å². The lowest BCUT2D eigenvalue weighted by atomic mass is 10.2. The van der Waals surface area contributed by atoms with E-state index < -0.39 is 0 Å². The van der Waals surface area contributed by atoms with Gasteiger partial charge in [0, 0.05) is 18.9 Å². The van der Waals surface area contributed by atoms with Crippen molar-refractivity contribution in [1.82, 2.24) is 14.4 Å². The molecule has 0 spiro atoms. The number of aromatic nitrogens is 3. The van der Waals surface area contributed by atoms with Crippen molar-refractivity contribution < 1.29 is 0 Å². The second-order valence-electron chi connectivity index (χ2n) is 4.68. The fraction of sp³-hybridized carbons (Fsp3) is 0.500. The van der Waals surface area contributed by atoms with Crippen molar-refractivity contribution in [3.63, 3.8) is 0 Å². The van der Waals surface area contributed by atoms with Gasteiger partial charge in [-0.3, -0.25) is 0 Å². The predicted molar refractivity (Wildman–Crippen MR) is 67.8 cm³/mol. The van der Waals surface area contributed by atoms with Crippen LogP contribution < -0.4 is 11.1 Å². The van der Waals surface area contributed by atoms with Crippen LogP contribution in [-0.2, 0) is 0 Å². The van der Waals surface area contributed by atoms with Gasteiger partial charge in [0.1, 0.15) is 5.82 Å². The average molecular weight is 231 g/mol. The molecule has 2 aromatic rings. The summed E-state index contributed by atoms with van der Waals surface area (Å²) in [5.41, 5.74) is 6.59. The Balaban J connectivity index is 1.67. The largest absolute Gasteiger partial charge is 0.382 e. The summed E-state index contributed by atoms with van der Waals surface area (Å²) in [4.78, 5) is 8.56. The molecule has 0 saturated heterocycles. The average Bonchev–Trinajstić information content (AvgIpc) is 3.01. The van der Waals surface area contributed by atoms with E-state index in [9.17, 15) is 0 Å². The van der Waals surface area contributed by atoms with Crippen molar-refractivity contribution in [2.75, 3.05) is 17.6 Å². The number of hydrogen-bond donors (Lipinski definition) is 2. The highest BCUT2D eigenvalue weighted by molar-refractivity contribution is 5.64. The Morgan fingerprint density at radius 1 is 1.47 bits per heavy atom. The minimum atomic E-state index is 0.514. The number of nitrogen functional groups attached to an aromatic ring is 1. The minimum Gasteiger partial charge on any atom is -0.382 e. The van der Waals surface area contributed by atoms with Gasteiger partial charge in [-0.2, -0.15) is 0 Å². The first kappa shape index (κ1) is 10.4. The standard InChI is InChI=1S/C12H17N5/c13-10-8-17-7-6-15-12(17)11(16-10)14-5-1-2-9-3-4-9/h6-9H,1-5,13H2,(H,14,16). The Bertz CT molecular complexity index is 515. The minimum absolute atomic E-state index is 0.514. The molecule has 1 saturated carbocycles. The van der Waals surface area contributed by atoms with Crippen LogP contribution in [0.5, 0.6) is 0 Å². The fourth-order valence-electron chi connectivity index (χ4n) is 2.07. The van der Waals surface area contributed by atoms with E-state index in [1.54, 1.807) is 12.4 Å². The molecule has 5 nitrogen and oxygen atoms in total. The highest BCUT2D eigenvalue weighted by Crippen LogP contribution is 2.33. The van der Waals surface area contributed by atoms with Gasteiger partial charge >= 0.3 is 0 Å². The lowest BCUT2D eigenvalue weighted by Gasteiger charge is -2.07. The highest BCUT2D eigenvalue weighted by Gasteiger charge is 2.20.